The lowest BCUT2D eigenvalue weighted by Gasteiger charge is -2.08. The summed E-state index contributed by atoms with van der Waals surface area (Å²) in [7, 11) is 0. The maximum atomic E-state index is 12.9. The van der Waals surface area contributed by atoms with Gasteiger partial charge < -0.3 is 5.32 Å². The van der Waals surface area contributed by atoms with E-state index in [1.165, 1.54) is 12.1 Å². The van der Waals surface area contributed by atoms with E-state index in [4.69, 9.17) is 12.2 Å². The van der Waals surface area contributed by atoms with Crippen molar-refractivity contribution in [1.29, 1.82) is 0 Å². The summed E-state index contributed by atoms with van der Waals surface area (Å²) < 4.78 is 12.9. The number of halogens is 1. The van der Waals surface area contributed by atoms with Gasteiger partial charge in [-0.3, -0.25) is 10.2 Å². The van der Waals surface area contributed by atoms with Gasteiger partial charge in [-0.1, -0.05) is 48.5 Å². The lowest BCUT2D eigenvalue weighted by molar-refractivity contribution is 0.106. The molecule has 0 amide bonds. The van der Waals surface area contributed by atoms with Crippen molar-refractivity contribution < 1.29 is 9.18 Å². The maximum absolute atomic E-state index is 12.9. The third-order valence-corrected chi connectivity index (χ3v) is 4.49. The van der Waals surface area contributed by atoms with Crippen LogP contribution in [0.5, 0.6) is 0 Å². The first-order valence-corrected chi connectivity index (χ1v) is 8.47. The number of carbonyl (C=O) groups excluding carboxylic acids is 1. The number of nitrogens with zero attached hydrogens (tertiary/aromatic N) is 1. The second kappa shape index (κ2) is 6.65. The fraction of sp³-hybridized carbons (Fsp3) is 0.0500. The molecule has 1 aliphatic carbocycles. The molecule has 0 radical (unpaired) electrons. The largest absolute Gasteiger partial charge is 0.357 e. The monoisotopic (exact) mass is 363 g/mol. The lowest BCUT2D eigenvalue weighted by Crippen LogP contribution is -2.32. The first-order valence-electron chi connectivity index (χ1n) is 8.06. The Morgan fingerprint density at radius 1 is 1.00 bits per heavy atom. The van der Waals surface area contributed by atoms with Crippen molar-refractivity contribution in [2.45, 2.75) is 6.54 Å². The van der Waals surface area contributed by atoms with Gasteiger partial charge >= 0.3 is 0 Å². The third-order valence-electron chi connectivity index (χ3n) is 4.26. The van der Waals surface area contributed by atoms with E-state index in [1.807, 2.05) is 36.4 Å². The Bertz CT molecular complexity index is 1060. The zero-order valence-electron chi connectivity index (χ0n) is 13.6. The maximum Gasteiger partial charge on any atom is 0.214 e. The molecule has 0 spiro atoms. The molecule has 128 valence electrons. The van der Waals surface area contributed by atoms with Gasteiger partial charge in [0, 0.05) is 23.1 Å². The molecule has 6 heteroatoms. The van der Waals surface area contributed by atoms with Crippen molar-refractivity contribution in [3.8, 4) is 0 Å². The highest BCUT2D eigenvalue weighted by Crippen LogP contribution is 2.30. The molecule has 0 bridgehead atoms. The number of carbonyl (C=O) groups is 1. The summed E-state index contributed by atoms with van der Waals surface area (Å²) >= 11 is 5.21. The van der Waals surface area contributed by atoms with Crippen molar-refractivity contribution in [3.63, 3.8) is 0 Å². The Balaban J connectivity index is 1.49. The zero-order chi connectivity index (χ0) is 18.1. The van der Waals surface area contributed by atoms with Gasteiger partial charge in [0.1, 0.15) is 11.5 Å². The molecule has 2 N–H and O–H groups in total. The highest BCUT2D eigenvalue weighted by atomic mass is 32.1. The summed E-state index contributed by atoms with van der Waals surface area (Å²) in [6.07, 6.45) is 0. The van der Waals surface area contributed by atoms with E-state index >= 15 is 0 Å². The minimum atomic E-state index is -0.283. The van der Waals surface area contributed by atoms with Gasteiger partial charge in [-0.15, -0.1) is 0 Å². The number of hydrazone groups is 1. The van der Waals surface area contributed by atoms with Crippen molar-refractivity contribution >= 4 is 39.6 Å². The van der Waals surface area contributed by atoms with Crippen LogP contribution in [0.4, 0.5) is 4.39 Å². The van der Waals surface area contributed by atoms with E-state index in [0.717, 1.165) is 21.9 Å². The topological polar surface area (TPSA) is 53.5 Å². The molecule has 3 aromatic carbocycles. The van der Waals surface area contributed by atoms with Crippen LogP contribution in [-0.2, 0) is 6.54 Å². The molecule has 0 heterocycles. The number of benzene rings is 3. The smallest absolute Gasteiger partial charge is 0.214 e. The number of rotatable bonds is 3. The van der Waals surface area contributed by atoms with Gasteiger partial charge in [-0.05, 0) is 35.3 Å². The average molecular weight is 363 g/mol. The fourth-order valence-corrected chi connectivity index (χ4v) is 3.14. The number of hydrogen-bond donors (Lipinski definition) is 2. The Labute approximate surface area is 154 Å². The van der Waals surface area contributed by atoms with Crippen LogP contribution < -0.4 is 10.7 Å². The van der Waals surface area contributed by atoms with Gasteiger partial charge in [0.15, 0.2) is 5.11 Å². The third kappa shape index (κ3) is 2.95. The molecule has 26 heavy (non-hydrogen) atoms. The minimum Gasteiger partial charge on any atom is -0.357 e. The predicted molar refractivity (Wildman–Crippen MR) is 104 cm³/mol. The highest BCUT2D eigenvalue weighted by Gasteiger charge is 2.28. The fourth-order valence-electron chi connectivity index (χ4n) is 3.02. The molecule has 1 aliphatic rings. The molecule has 0 aromatic heterocycles. The molecular weight excluding hydrogens is 349 g/mol. The van der Waals surface area contributed by atoms with Crippen LogP contribution in [-0.4, -0.2) is 16.6 Å². The van der Waals surface area contributed by atoms with Crippen LogP contribution in [0, 0.1) is 5.82 Å². The van der Waals surface area contributed by atoms with E-state index in [-0.39, 0.29) is 16.7 Å². The van der Waals surface area contributed by atoms with E-state index in [0.29, 0.717) is 17.8 Å². The summed E-state index contributed by atoms with van der Waals surface area (Å²) in [6, 6.07) is 17.5. The van der Waals surface area contributed by atoms with E-state index in [9.17, 15) is 9.18 Å². The van der Waals surface area contributed by atoms with Crippen molar-refractivity contribution in [3.05, 3.63) is 83.2 Å². The van der Waals surface area contributed by atoms with E-state index in [2.05, 4.69) is 15.8 Å². The van der Waals surface area contributed by atoms with Crippen LogP contribution in [0.15, 0.2) is 65.8 Å². The summed E-state index contributed by atoms with van der Waals surface area (Å²) in [5.74, 6) is -0.403. The van der Waals surface area contributed by atoms with Crippen LogP contribution in [0.3, 0.4) is 0 Å². The van der Waals surface area contributed by atoms with Gasteiger partial charge in [-0.25, -0.2) is 4.39 Å². The lowest BCUT2D eigenvalue weighted by atomic mass is 10.1. The van der Waals surface area contributed by atoms with Crippen molar-refractivity contribution in [1.82, 2.24) is 10.7 Å². The Morgan fingerprint density at radius 2 is 1.69 bits per heavy atom. The van der Waals surface area contributed by atoms with Gasteiger partial charge in [0.2, 0.25) is 5.78 Å². The number of Topliss-reactive ketones (excluding diaryl/α,β-unsaturated/α-hetero) is 1. The normalized spacial score (nSPS) is 14.0. The van der Waals surface area contributed by atoms with Gasteiger partial charge in [0.25, 0.3) is 0 Å². The second-order valence-electron chi connectivity index (χ2n) is 5.92. The molecular formula is C20H14FN3OS. The van der Waals surface area contributed by atoms with Crippen molar-refractivity contribution in [2.24, 2.45) is 5.10 Å². The molecule has 0 saturated heterocycles. The molecule has 4 rings (SSSR count). The van der Waals surface area contributed by atoms with E-state index in [1.54, 1.807) is 12.1 Å². The summed E-state index contributed by atoms with van der Waals surface area (Å²) in [5.41, 5.74) is 5.42. The molecule has 0 saturated carbocycles. The quantitative estimate of drug-likeness (QED) is 0.552. The number of ketones is 1. The number of hydrogen-bond acceptors (Lipinski definition) is 3. The molecule has 0 unspecified atom stereocenters. The molecule has 0 atom stereocenters. The molecule has 0 fully saturated rings. The molecule has 4 nitrogen and oxygen atoms in total. The minimum absolute atomic E-state index is 0.120. The highest BCUT2D eigenvalue weighted by molar-refractivity contribution is 7.80. The molecule has 3 aromatic rings. The standard InChI is InChI=1S/C20H14FN3OS/c21-14-9-7-12(8-10-14)11-22-20(26)24-23-18-15-5-1-3-13-4-2-6-16(17(13)15)19(18)25/h1-10H,11H2,(H2,22,24,26)/b23-18-. The Hall–Kier alpha value is -3.12. The van der Waals surface area contributed by atoms with Crippen LogP contribution in [0.2, 0.25) is 0 Å². The number of thiocarbonyl (C=S) groups is 1. The summed E-state index contributed by atoms with van der Waals surface area (Å²) in [4.78, 5) is 12.6. The Kier molecular flexibility index (Phi) is 4.18. The summed E-state index contributed by atoms with van der Waals surface area (Å²) in [5, 5.41) is 9.43. The first-order chi connectivity index (χ1) is 12.6. The first kappa shape index (κ1) is 16.4. The Morgan fingerprint density at radius 3 is 2.42 bits per heavy atom. The second-order valence-corrected chi connectivity index (χ2v) is 6.33. The molecule has 0 aliphatic heterocycles. The predicted octanol–water partition coefficient (Wildman–Crippen LogP) is 3.54. The van der Waals surface area contributed by atoms with Crippen LogP contribution in [0.1, 0.15) is 21.5 Å². The van der Waals surface area contributed by atoms with E-state index < -0.39 is 0 Å². The SMILES string of the molecule is O=C1/C(=N\NC(=S)NCc2ccc(F)cc2)c2cccc3cccc1c23. The van der Waals surface area contributed by atoms with Gasteiger partial charge in [0.05, 0.1) is 0 Å². The zero-order valence-corrected chi connectivity index (χ0v) is 14.4. The number of nitrogens with one attached hydrogen (secondary N) is 2. The van der Waals surface area contributed by atoms with Crippen LogP contribution in [0.25, 0.3) is 10.8 Å². The average Bonchev–Trinajstić information content (AvgIpc) is 2.93. The van der Waals surface area contributed by atoms with Gasteiger partial charge in [-0.2, -0.15) is 5.10 Å². The summed E-state index contributed by atoms with van der Waals surface area (Å²) in [6.45, 7) is 0.431. The van der Waals surface area contributed by atoms with Crippen LogP contribution >= 0.6 is 12.2 Å². The van der Waals surface area contributed by atoms with Crippen molar-refractivity contribution in [2.75, 3.05) is 0 Å².